The lowest BCUT2D eigenvalue weighted by Crippen LogP contribution is -2.56. The van der Waals surface area contributed by atoms with Gasteiger partial charge in [-0.3, -0.25) is 0 Å². The van der Waals surface area contributed by atoms with Gasteiger partial charge < -0.3 is 14.8 Å². The zero-order valence-corrected chi connectivity index (χ0v) is 11.7. The summed E-state index contributed by atoms with van der Waals surface area (Å²) in [5, 5.41) is 3.47. The summed E-state index contributed by atoms with van der Waals surface area (Å²) in [6.45, 7) is 2.76. The highest BCUT2D eigenvalue weighted by atomic mass is 79.9. The lowest BCUT2D eigenvalue weighted by molar-refractivity contribution is -0.118. The molecule has 3 nitrogen and oxygen atoms in total. The van der Waals surface area contributed by atoms with E-state index in [1.165, 1.54) is 0 Å². The fourth-order valence-corrected chi connectivity index (χ4v) is 2.61. The molecule has 1 aliphatic rings. The zero-order valence-electron chi connectivity index (χ0n) is 10.2. The van der Waals surface area contributed by atoms with Crippen molar-refractivity contribution in [1.29, 1.82) is 0 Å². The predicted octanol–water partition coefficient (Wildman–Crippen LogP) is 3.05. The number of benzene rings is 1. The molecule has 0 heterocycles. The standard InChI is InChI=1S/C13H18BrNO2/c1-3-17-12-8-11(13(12)16-2)15-10-6-4-5-9(14)7-10/h4-7,11-13,15H,3,8H2,1-2H3. The van der Waals surface area contributed by atoms with Gasteiger partial charge in [-0.1, -0.05) is 22.0 Å². The van der Waals surface area contributed by atoms with Gasteiger partial charge in [0.1, 0.15) is 6.10 Å². The van der Waals surface area contributed by atoms with Gasteiger partial charge in [-0.25, -0.2) is 0 Å². The lowest BCUT2D eigenvalue weighted by Gasteiger charge is -2.43. The van der Waals surface area contributed by atoms with Gasteiger partial charge in [-0.05, 0) is 31.5 Å². The maximum absolute atomic E-state index is 5.60. The minimum atomic E-state index is 0.147. The van der Waals surface area contributed by atoms with E-state index < -0.39 is 0 Å². The van der Waals surface area contributed by atoms with E-state index in [-0.39, 0.29) is 12.2 Å². The van der Waals surface area contributed by atoms with Crippen molar-refractivity contribution in [3.63, 3.8) is 0 Å². The number of halogens is 1. The molecule has 0 aliphatic heterocycles. The molecule has 0 radical (unpaired) electrons. The van der Waals surface area contributed by atoms with Gasteiger partial charge in [0, 0.05) is 23.9 Å². The average molecular weight is 300 g/mol. The van der Waals surface area contributed by atoms with E-state index in [1.807, 2.05) is 19.1 Å². The molecule has 94 valence electrons. The van der Waals surface area contributed by atoms with Crippen molar-refractivity contribution in [3.05, 3.63) is 28.7 Å². The molecule has 17 heavy (non-hydrogen) atoms. The third-order valence-corrected chi connectivity index (χ3v) is 3.57. The van der Waals surface area contributed by atoms with Crippen LogP contribution in [0.4, 0.5) is 5.69 Å². The molecule has 1 N–H and O–H groups in total. The first-order valence-electron chi connectivity index (χ1n) is 5.91. The molecule has 0 spiro atoms. The Hall–Kier alpha value is -0.580. The minimum absolute atomic E-state index is 0.147. The van der Waals surface area contributed by atoms with Crippen molar-refractivity contribution in [3.8, 4) is 0 Å². The van der Waals surface area contributed by atoms with Gasteiger partial charge in [0.2, 0.25) is 0 Å². The van der Waals surface area contributed by atoms with Crippen LogP contribution in [0.2, 0.25) is 0 Å². The van der Waals surface area contributed by atoms with Crippen LogP contribution in [0.15, 0.2) is 28.7 Å². The van der Waals surface area contributed by atoms with Crippen molar-refractivity contribution in [2.45, 2.75) is 31.6 Å². The maximum Gasteiger partial charge on any atom is 0.103 e. The van der Waals surface area contributed by atoms with Crippen LogP contribution in [-0.2, 0) is 9.47 Å². The van der Waals surface area contributed by atoms with Crippen LogP contribution in [0.25, 0.3) is 0 Å². The Morgan fingerprint density at radius 2 is 2.29 bits per heavy atom. The summed E-state index contributed by atoms with van der Waals surface area (Å²) in [6.07, 6.45) is 1.38. The third kappa shape index (κ3) is 3.00. The smallest absolute Gasteiger partial charge is 0.103 e. The molecule has 3 unspecified atom stereocenters. The average Bonchev–Trinajstić information content (AvgIpc) is 2.28. The van der Waals surface area contributed by atoms with E-state index in [2.05, 4.69) is 33.4 Å². The fraction of sp³-hybridized carbons (Fsp3) is 0.538. The number of anilines is 1. The van der Waals surface area contributed by atoms with Crippen LogP contribution in [-0.4, -0.2) is 32.0 Å². The molecule has 1 aromatic carbocycles. The molecular formula is C13H18BrNO2. The summed E-state index contributed by atoms with van der Waals surface area (Å²) in [7, 11) is 1.74. The van der Waals surface area contributed by atoms with Gasteiger partial charge in [-0.15, -0.1) is 0 Å². The Morgan fingerprint density at radius 3 is 2.94 bits per heavy atom. The van der Waals surface area contributed by atoms with Crippen LogP contribution in [0, 0.1) is 0 Å². The van der Waals surface area contributed by atoms with Crippen LogP contribution in [0.5, 0.6) is 0 Å². The Kier molecular flexibility index (Phi) is 4.42. The minimum Gasteiger partial charge on any atom is -0.379 e. The van der Waals surface area contributed by atoms with E-state index >= 15 is 0 Å². The van der Waals surface area contributed by atoms with E-state index in [1.54, 1.807) is 7.11 Å². The van der Waals surface area contributed by atoms with E-state index in [4.69, 9.17) is 9.47 Å². The Balaban J connectivity index is 1.92. The molecular weight excluding hydrogens is 282 g/mol. The first kappa shape index (κ1) is 12.9. The Morgan fingerprint density at radius 1 is 1.47 bits per heavy atom. The highest BCUT2D eigenvalue weighted by Crippen LogP contribution is 2.30. The van der Waals surface area contributed by atoms with Crippen LogP contribution in [0.1, 0.15) is 13.3 Å². The van der Waals surface area contributed by atoms with Crippen molar-refractivity contribution < 1.29 is 9.47 Å². The van der Waals surface area contributed by atoms with Crippen molar-refractivity contribution in [2.75, 3.05) is 19.0 Å². The van der Waals surface area contributed by atoms with Crippen LogP contribution >= 0.6 is 15.9 Å². The SMILES string of the molecule is CCOC1CC(Nc2cccc(Br)c2)C1OC. The van der Waals surface area contributed by atoms with Crippen molar-refractivity contribution in [2.24, 2.45) is 0 Å². The Labute approximate surface area is 111 Å². The summed E-state index contributed by atoms with van der Waals surface area (Å²) in [4.78, 5) is 0. The largest absolute Gasteiger partial charge is 0.379 e. The van der Waals surface area contributed by atoms with E-state index in [0.717, 1.165) is 23.2 Å². The second kappa shape index (κ2) is 5.85. The zero-order chi connectivity index (χ0) is 12.3. The molecule has 1 aliphatic carbocycles. The molecule has 0 aromatic heterocycles. The van der Waals surface area contributed by atoms with Gasteiger partial charge in [0.05, 0.1) is 12.1 Å². The molecule has 0 saturated heterocycles. The van der Waals surface area contributed by atoms with Crippen LogP contribution < -0.4 is 5.32 Å². The molecule has 1 aromatic rings. The monoisotopic (exact) mass is 299 g/mol. The molecule has 4 heteroatoms. The molecule has 1 fully saturated rings. The number of methoxy groups -OCH3 is 1. The highest BCUT2D eigenvalue weighted by Gasteiger charge is 2.42. The maximum atomic E-state index is 5.60. The lowest BCUT2D eigenvalue weighted by atomic mass is 9.85. The number of nitrogens with one attached hydrogen (secondary N) is 1. The van der Waals surface area contributed by atoms with Gasteiger partial charge in [-0.2, -0.15) is 0 Å². The topological polar surface area (TPSA) is 30.5 Å². The predicted molar refractivity (Wildman–Crippen MR) is 72.4 cm³/mol. The second-order valence-electron chi connectivity index (χ2n) is 4.19. The molecule has 3 atom stereocenters. The second-order valence-corrected chi connectivity index (χ2v) is 5.11. The number of hydrogen-bond acceptors (Lipinski definition) is 3. The Bertz CT molecular complexity index is 372. The van der Waals surface area contributed by atoms with Crippen molar-refractivity contribution >= 4 is 21.6 Å². The molecule has 1 saturated carbocycles. The highest BCUT2D eigenvalue weighted by molar-refractivity contribution is 9.10. The quantitative estimate of drug-likeness (QED) is 0.906. The normalized spacial score (nSPS) is 27.6. The van der Waals surface area contributed by atoms with Gasteiger partial charge in [0.25, 0.3) is 0 Å². The van der Waals surface area contributed by atoms with Crippen LogP contribution in [0.3, 0.4) is 0 Å². The van der Waals surface area contributed by atoms with Crippen molar-refractivity contribution in [1.82, 2.24) is 0 Å². The summed E-state index contributed by atoms with van der Waals surface area (Å²) in [5.41, 5.74) is 1.11. The van der Waals surface area contributed by atoms with E-state index in [0.29, 0.717) is 6.04 Å². The third-order valence-electron chi connectivity index (χ3n) is 3.08. The fourth-order valence-electron chi connectivity index (χ4n) is 2.21. The first-order chi connectivity index (χ1) is 8.24. The number of ether oxygens (including phenoxy) is 2. The summed E-state index contributed by atoms with van der Waals surface area (Å²) in [5.74, 6) is 0. The molecule has 2 rings (SSSR count). The van der Waals surface area contributed by atoms with E-state index in [9.17, 15) is 0 Å². The summed E-state index contributed by atoms with van der Waals surface area (Å²) < 4.78 is 12.1. The first-order valence-corrected chi connectivity index (χ1v) is 6.70. The van der Waals surface area contributed by atoms with Gasteiger partial charge in [0.15, 0.2) is 0 Å². The molecule has 0 bridgehead atoms. The molecule has 0 amide bonds. The summed E-state index contributed by atoms with van der Waals surface area (Å²) >= 11 is 3.46. The number of hydrogen-bond donors (Lipinski definition) is 1. The number of rotatable bonds is 5. The summed E-state index contributed by atoms with van der Waals surface area (Å²) in [6, 6.07) is 8.51. The van der Waals surface area contributed by atoms with Gasteiger partial charge >= 0.3 is 0 Å².